The molecule has 0 bridgehead atoms. The fraction of sp³-hybridized carbons (Fsp3) is 0.0714. The first-order valence-electron chi connectivity index (χ1n) is 5.71. The van der Waals surface area contributed by atoms with Crippen molar-refractivity contribution in [1.29, 1.82) is 0 Å². The molecule has 0 saturated carbocycles. The van der Waals surface area contributed by atoms with E-state index >= 15 is 0 Å². The van der Waals surface area contributed by atoms with Crippen LogP contribution in [-0.4, -0.2) is 5.91 Å². The molecule has 0 aliphatic carbocycles. The largest absolute Gasteiger partial charge is 0.399 e. The van der Waals surface area contributed by atoms with E-state index in [4.69, 9.17) is 28.9 Å². The van der Waals surface area contributed by atoms with Crippen molar-refractivity contribution in [2.75, 3.05) is 11.1 Å². The molecule has 3 nitrogen and oxygen atoms in total. The number of benzene rings is 2. The van der Waals surface area contributed by atoms with Gasteiger partial charge in [-0.3, -0.25) is 4.79 Å². The maximum Gasteiger partial charge on any atom is 0.255 e. The molecule has 2 aromatic carbocycles. The van der Waals surface area contributed by atoms with Gasteiger partial charge < -0.3 is 11.1 Å². The molecule has 0 heterocycles. The van der Waals surface area contributed by atoms with Crippen LogP contribution in [0.15, 0.2) is 34.8 Å². The fourth-order valence-electron chi connectivity index (χ4n) is 1.75. The minimum Gasteiger partial charge on any atom is -0.399 e. The number of amides is 1. The number of rotatable bonds is 2. The quantitative estimate of drug-likeness (QED) is 0.581. The number of nitrogen functional groups attached to an aromatic ring is 1. The highest BCUT2D eigenvalue weighted by molar-refractivity contribution is 9.10. The number of nitrogens with one attached hydrogen (secondary N) is 1. The van der Waals surface area contributed by atoms with Crippen molar-refractivity contribution in [3.8, 4) is 0 Å². The van der Waals surface area contributed by atoms with E-state index in [1.807, 2.05) is 6.92 Å². The second-order valence-corrected chi connectivity index (χ2v) is 5.86. The molecular formula is C14H11BrCl2N2O. The summed E-state index contributed by atoms with van der Waals surface area (Å²) < 4.78 is 0.672. The molecular weight excluding hydrogens is 363 g/mol. The van der Waals surface area contributed by atoms with Crippen LogP contribution in [0.25, 0.3) is 0 Å². The molecule has 0 radical (unpaired) electrons. The highest BCUT2D eigenvalue weighted by atomic mass is 79.9. The highest BCUT2D eigenvalue weighted by Gasteiger charge is 2.14. The summed E-state index contributed by atoms with van der Waals surface area (Å²) in [6.07, 6.45) is 0. The zero-order valence-electron chi connectivity index (χ0n) is 10.5. The van der Waals surface area contributed by atoms with Crippen LogP contribution in [0, 0.1) is 6.92 Å². The third kappa shape index (κ3) is 3.08. The number of aryl methyl sites for hydroxylation is 1. The number of nitrogens with two attached hydrogens (primary N) is 1. The van der Waals surface area contributed by atoms with Crippen molar-refractivity contribution in [2.45, 2.75) is 6.92 Å². The van der Waals surface area contributed by atoms with E-state index in [1.54, 1.807) is 30.3 Å². The van der Waals surface area contributed by atoms with Crippen molar-refractivity contribution < 1.29 is 4.79 Å². The van der Waals surface area contributed by atoms with E-state index in [-0.39, 0.29) is 5.91 Å². The zero-order valence-corrected chi connectivity index (χ0v) is 13.6. The SMILES string of the molecule is Cc1cc(N)ccc1C(=O)Nc1ccc(Br)c(Cl)c1Cl. The average molecular weight is 374 g/mol. The number of carbonyl (C=O) groups is 1. The highest BCUT2D eigenvalue weighted by Crippen LogP contribution is 2.36. The zero-order chi connectivity index (χ0) is 14.9. The predicted molar refractivity (Wildman–Crippen MR) is 87.7 cm³/mol. The Balaban J connectivity index is 2.30. The molecule has 0 spiro atoms. The Labute approximate surface area is 135 Å². The van der Waals surface area contributed by atoms with Crippen molar-refractivity contribution in [2.24, 2.45) is 0 Å². The number of carbonyl (C=O) groups excluding carboxylic acids is 1. The molecule has 20 heavy (non-hydrogen) atoms. The lowest BCUT2D eigenvalue weighted by molar-refractivity contribution is 0.102. The molecule has 0 fully saturated rings. The summed E-state index contributed by atoms with van der Waals surface area (Å²) in [5, 5.41) is 3.39. The molecule has 0 aromatic heterocycles. The molecule has 0 saturated heterocycles. The summed E-state index contributed by atoms with van der Waals surface area (Å²) in [6, 6.07) is 8.50. The molecule has 0 aliphatic rings. The van der Waals surface area contributed by atoms with Gasteiger partial charge in [-0.2, -0.15) is 0 Å². The van der Waals surface area contributed by atoms with Gasteiger partial charge in [0.05, 0.1) is 15.7 Å². The summed E-state index contributed by atoms with van der Waals surface area (Å²) in [5.74, 6) is -0.261. The predicted octanol–water partition coefficient (Wildman–Crippen LogP) is 4.90. The average Bonchev–Trinajstić information content (AvgIpc) is 2.39. The fourth-order valence-corrected chi connectivity index (χ4v) is 2.58. The van der Waals surface area contributed by atoms with Crippen LogP contribution >= 0.6 is 39.1 Å². The van der Waals surface area contributed by atoms with Gasteiger partial charge in [-0.1, -0.05) is 23.2 Å². The molecule has 0 atom stereocenters. The molecule has 6 heteroatoms. The van der Waals surface area contributed by atoms with E-state index < -0.39 is 0 Å². The van der Waals surface area contributed by atoms with Gasteiger partial charge in [0.1, 0.15) is 0 Å². The minimum atomic E-state index is -0.261. The Hall–Kier alpha value is -1.23. The second kappa shape index (κ2) is 6.04. The molecule has 0 unspecified atom stereocenters. The topological polar surface area (TPSA) is 55.1 Å². The first kappa shape index (κ1) is 15.2. The summed E-state index contributed by atoms with van der Waals surface area (Å²) in [5.41, 5.74) is 8.07. The molecule has 2 aromatic rings. The molecule has 2 rings (SSSR count). The standard InChI is InChI=1S/C14H11BrCl2N2O/c1-7-6-8(18)2-3-9(7)14(20)19-11-5-4-10(15)12(16)13(11)17/h2-6H,18H2,1H3,(H,19,20). The van der Waals surface area contributed by atoms with Crippen LogP contribution < -0.4 is 11.1 Å². The molecule has 3 N–H and O–H groups in total. The normalized spacial score (nSPS) is 10.4. The number of hydrogen-bond donors (Lipinski definition) is 2. The van der Waals surface area contributed by atoms with Crippen LogP contribution in [0.3, 0.4) is 0 Å². The van der Waals surface area contributed by atoms with E-state index in [0.29, 0.717) is 31.5 Å². The van der Waals surface area contributed by atoms with Gasteiger partial charge in [0.25, 0.3) is 5.91 Å². The maximum absolute atomic E-state index is 12.2. The Morgan fingerprint density at radius 2 is 1.90 bits per heavy atom. The second-order valence-electron chi connectivity index (χ2n) is 4.25. The first-order chi connectivity index (χ1) is 9.40. The van der Waals surface area contributed by atoms with Crippen molar-refractivity contribution >= 4 is 56.4 Å². The lowest BCUT2D eigenvalue weighted by atomic mass is 10.1. The van der Waals surface area contributed by atoms with Crippen LogP contribution in [0.5, 0.6) is 0 Å². The summed E-state index contributed by atoms with van der Waals surface area (Å²) >= 11 is 15.4. The van der Waals surface area contributed by atoms with Gasteiger partial charge in [0, 0.05) is 15.7 Å². The number of hydrogen-bond acceptors (Lipinski definition) is 2. The van der Waals surface area contributed by atoms with Gasteiger partial charge in [-0.15, -0.1) is 0 Å². The van der Waals surface area contributed by atoms with Crippen molar-refractivity contribution in [3.63, 3.8) is 0 Å². The van der Waals surface area contributed by atoms with Crippen LogP contribution in [0.2, 0.25) is 10.0 Å². The third-order valence-electron chi connectivity index (χ3n) is 2.78. The maximum atomic E-state index is 12.2. The summed E-state index contributed by atoms with van der Waals surface area (Å²) in [7, 11) is 0. The van der Waals surface area contributed by atoms with Crippen LogP contribution in [0.4, 0.5) is 11.4 Å². The third-order valence-corrected chi connectivity index (χ3v) is 4.55. The summed E-state index contributed by atoms with van der Waals surface area (Å²) in [4.78, 5) is 12.2. The van der Waals surface area contributed by atoms with Gasteiger partial charge in [-0.25, -0.2) is 0 Å². The van der Waals surface area contributed by atoms with E-state index in [9.17, 15) is 4.79 Å². The van der Waals surface area contributed by atoms with E-state index in [2.05, 4.69) is 21.2 Å². The Morgan fingerprint density at radius 3 is 2.55 bits per heavy atom. The number of halogens is 3. The monoisotopic (exact) mass is 372 g/mol. The van der Waals surface area contributed by atoms with Gasteiger partial charge >= 0.3 is 0 Å². The Bertz CT molecular complexity index is 689. The first-order valence-corrected chi connectivity index (χ1v) is 7.26. The van der Waals surface area contributed by atoms with Crippen molar-refractivity contribution in [3.05, 3.63) is 56.0 Å². The Morgan fingerprint density at radius 1 is 1.20 bits per heavy atom. The minimum absolute atomic E-state index is 0.261. The van der Waals surface area contributed by atoms with Crippen LogP contribution in [0.1, 0.15) is 15.9 Å². The molecule has 1 amide bonds. The Kier molecular flexibility index (Phi) is 4.58. The number of anilines is 2. The lowest BCUT2D eigenvalue weighted by Crippen LogP contribution is -2.14. The van der Waals surface area contributed by atoms with E-state index in [1.165, 1.54) is 0 Å². The van der Waals surface area contributed by atoms with E-state index in [0.717, 1.165) is 5.56 Å². The summed E-state index contributed by atoms with van der Waals surface area (Å²) in [6.45, 7) is 1.82. The molecule has 0 aliphatic heterocycles. The molecule has 104 valence electrons. The van der Waals surface area contributed by atoms with Gasteiger partial charge in [-0.05, 0) is 58.7 Å². The van der Waals surface area contributed by atoms with Crippen LogP contribution in [-0.2, 0) is 0 Å². The van der Waals surface area contributed by atoms with Gasteiger partial charge in [0.15, 0.2) is 0 Å². The van der Waals surface area contributed by atoms with Gasteiger partial charge in [0.2, 0.25) is 0 Å². The lowest BCUT2D eigenvalue weighted by Gasteiger charge is -2.11. The smallest absolute Gasteiger partial charge is 0.255 e. The van der Waals surface area contributed by atoms with Crippen molar-refractivity contribution in [1.82, 2.24) is 0 Å².